The minimum Gasteiger partial charge on any atom is -0.462 e. The van der Waals surface area contributed by atoms with Gasteiger partial charge in [0, 0.05) is 12.8 Å². The van der Waals surface area contributed by atoms with Crippen molar-refractivity contribution in [2.24, 2.45) is 17.8 Å². The van der Waals surface area contributed by atoms with Crippen LogP contribution in [0.4, 0.5) is 0 Å². The minimum atomic E-state index is -2.49. The van der Waals surface area contributed by atoms with E-state index in [4.69, 9.17) is 52.1 Å². The Hall–Kier alpha value is -1.94. The molecule has 74 heavy (non-hydrogen) atoms. The first-order valence-corrected chi connectivity index (χ1v) is 25.8. The van der Waals surface area contributed by atoms with Crippen molar-refractivity contribution in [3.8, 4) is 0 Å². The Morgan fingerprint density at radius 3 is 1.84 bits per heavy atom. The van der Waals surface area contributed by atoms with E-state index in [-0.39, 0.29) is 30.6 Å². The summed E-state index contributed by atoms with van der Waals surface area (Å²) in [5.41, 5.74) is 0. The number of aliphatic hydroxyl groups is 13. The van der Waals surface area contributed by atoms with Crippen LogP contribution in [0.5, 0.6) is 0 Å². The van der Waals surface area contributed by atoms with Gasteiger partial charge in [-0.15, -0.1) is 0 Å². The molecule has 0 spiro atoms. The van der Waals surface area contributed by atoms with Crippen LogP contribution in [0.1, 0.15) is 100 Å². The number of carbonyl (C=O) groups is 2. The van der Waals surface area contributed by atoms with Gasteiger partial charge >= 0.3 is 11.9 Å². The summed E-state index contributed by atoms with van der Waals surface area (Å²) >= 11 is 0. The second kappa shape index (κ2) is 27.8. The van der Waals surface area contributed by atoms with Crippen LogP contribution in [-0.4, -0.2) is 251 Å². The fourth-order valence-corrected chi connectivity index (χ4v) is 9.58. The number of esters is 2. The third-order valence-corrected chi connectivity index (χ3v) is 14.8. The van der Waals surface area contributed by atoms with E-state index >= 15 is 0 Å². The van der Waals surface area contributed by atoms with Gasteiger partial charge in [-0.2, -0.15) is 0 Å². The summed E-state index contributed by atoms with van der Waals surface area (Å²) in [6.07, 6.45) is -34.1. The second-order valence-corrected chi connectivity index (χ2v) is 21.0. The molecule has 432 valence electrons. The van der Waals surface area contributed by atoms with E-state index in [1.54, 1.807) is 27.7 Å². The normalized spacial score (nSPS) is 42.5. The molecule has 21 unspecified atom stereocenters. The molecule has 5 saturated heterocycles. The van der Waals surface area contributed by atoms with Crippen molar-refractivity contribution < 1.29 is 128 Å². The Morgan fingerprint density at radius 1 is 0.635 bits per heavy atom. The maximum absolute atomic E-state index is 13.7. The molecule has 0 amide bonds. The van der Waals surface area contributed by atoms with E-state index in [0.29, 0.717) is 12.8 Å². The van der Waals surface area contributed by atoms with Crippen molar-refractivity contribution in [2.45, 2.75) is 253 Å². The zero-order chi connectivity index (χ0) is 55.1. The third-order valence-electron chi connectivity index (χ3n) is 14.8. The van der Waals surface area contributed by atoms with E-state index in [1.807, 2.05) is 20.8 Å². The molecule has 0 aromatic heterocycles. The van der Waals surface area contributed by atoms with Gasteiger partial charge in [-0.05, 0) is 31.6 Å². The lowest BCUT2D eigenvalue weighted by Crippen LogP contribution is -2.65. The molecule has 26 nitrogen and oxygen atoms in total. The molecule has 0 radical (unpaired) electrons. The van der Waals surface area contributed by atoms with Gasteiger partial charge in [-0.1, -0.05) is 54.4 Å². The van der Waals surface area contributed by atoms with Gasteiger partial charge in [0.15, 0.2) is 31.3 Å². The zero-order valence-corrected chi connectivity index (χ0v) is 43.3. The highest BCUT2D eigenvalue weighted by atomic mass is 16.8. The number of ether oxygens (including phenoxy) is 11. The van der Waals surface area contributed by atoms with Crippen LogP contribution < -0.4 is 0 Å². The molecular formula is C48H84O26. The summed E-state index contributed by atoms with van der Waals surface area (Å²) in [5, 5.41) is 139. The second-order valence-electron chi connectivity index (χ2n) is 21.0. The Kier molecular flexibility index (Phi) is 23.6. The molecular weight excluding hydrogens is 993 g/mol. The predicted molar refractivity (Wildman–Crippen MR) is 247 cm³/mol. The smallest absolute Gasteiger partial charge is 0.308 e. The maximum Gasteiger partial charge on any atom is 0.308 e. The molecule has 5 rings (SSSR count). The van der Waals surface area contributed by atoms with E-state index < -0.39 is 204 Å². The van der Waals surface area contributed by atoms with E-state index in [2.05, 4.69) is 0 Å². The SMILES string of the molecule is CC[C@H](C)[C@H](C[C@H](O)CC(=O)OC1C(O)C(C)OC(C(C)C)C1OC1OC(C)C(OC2CC(O)(OC3OCC(O)C(O)C3O)C(O)CO2)C(O)C1O)OC(=O)C[C@@H](O)C[C@H](OC1OC(CO)C(O)C1O)[C@@H](C)CC. The monoisotopic (exact) mass is 1080 g/mol. The van der Waals surface area contributed by atoms with Crippen molar-refractivity contribution in [2.75, 3.05) is 19.8 Å². The Bertz CT molecular complexity index is 1720. The van der Waals surface area contributed by atoms with E-state index in [1.165, 1.54) is 6.92 Å². The van der Waals surface area contributed by atoms with Crippen molar-refractivity contribution in [3.63, 3.8) is 0 Å². The highest BCUT2D eigenvalue weighted by molar-refractivity contribution is 5.71. The first-order chi connectivity index (χ1) is 34.7. The summed E-state index contributed by atoms with van der Waals surface area (Å²) < 4.78 is 63.4. The summed E-state index contributed by atoms with van der Waals surface area (Å²) in [5.74, 6) is -5.12. The molecule has 0 saturated carbocycles. The summed E-state index contributed by atoms with van der Waals surface area (Å²) in [6.45, 7) is 12.3. The Labute approximate surface area is 430 Å². The molecule has 0 bridgehead atoms. The largest absolute Gasteiger partial charge is 0.462 e. The van der Waals surface area contributed by atoms with Gasteiger partial charge in [0.25, 0.3) is 0 Å². The number of aliphatic hydroxyl groups excluding tert-OH is 12. The highest BCUT2D eigenvalue weighted by Crippen LogP contribution is 2.37. The predicted octanol–water partition coefficient (Wildman–Crippen LogP) is -3.70. The molecule has 5 heterocycles. The first kappa shape index (κ1) is 62.9. The topological polar surface area (TPSA) is 399 Å². The van der Waals surface area contributed by atoms with Crippen molar-refractivity contribution in [3.05, 3.63) is 0 Å². The quantitative estimate of drug-likeness (QED) is 0.0327. The Morgan fingerprint density at radius 2 is 1.23 bits per heavy atom. The summed E-state index contributed by atoms with van der Waals surface area (Å²) in [4.78, 5) is 26.9. The number of carbonyl (C=O) groups excluding carboxylic acids is 2. The molecule has 5 aliphatic rings. The van der Waals surface area contributed by atoms with Gasteiger partial charge in [-0.3, -0.25) is 9.59 Å². The maximum atomic E-state index is 13.7. The summed E-state index contributed by atoms with van der Waals surface area (Å²) in [6, 6.07) is 0. The van der Waals surface area contributed by atoms with E-state index in [9.17, 15) is 76.0 Å². The standard InChI is InChI=1S/C48H84O26/c1-9-20(5)27(68-31(54)13-25(51)12-28(21(6)10-2)69-47-39(61)36(58)29(16-49)70-47)11-24(50)14-32(55)71-43-34(56)22(7)66-41(19(3)4)44(43)73-46-40(62)37(59)42(23(8)67-46)72-33-15-48(63,30(53)18-64-33)74-45-38(60)35(57)26(52)17-65-45/h19-30,33-47,49-53,56-63H,9-18H2,1-8H3/t20-,21-,22?,23?,24-,25-,26?,27-,28-,29?,30?,33?,34?,35?,36?,37?,38?,39?,40?,41?,42?,43?,44?,45?,46?,47?,48?/m0/s1. The van der Waals surface area contributed by atoms with Gasteiger partial charge in [0.2, 0.25) is 5.79 Å². The minimum absolute atomic E-state index is 0.0734. The average Bonchev–Trinajstić information content (AvgIpc) is 3.61. The van der Waals surface area contributed by atoms with Crippen LogP contribution in [0.3, 0.4) is 0 Å². The van der Waals surface area contributed by atoms with Gasteiger partial charge < -0.3 is 118 Å². The van der Waals surface area contributed by atoms with Crippen LogP contribution in [0.15, 0.2) is 0 Å². The van der Waals surface area contributed by atoms with Crippen LogP contribution in [0.2, 0.25) is 0 Å². The lowest BCUT2D eigenvalue weighted by molar-refractivity contribution is -0.404. The zero-order valence-electron chi connectivity index (χ0n) is 43.3. The van der Waals surface area contributed by atoms with Crippen molar-refractivity contribution in [1.82, 2.24) is 0 Å². The lowest BCUT2D eigenvalue weighted by atomic mass is 9.89. The molecule has 26 heteroatoms. The van der Waals surface area contributed by atoms with E-state index in [0.717, 1.165) is 0 Å². The molecule has 5 fully saturated rings. The average molecular weight is 1080 g/mol. The van der Waals surface area contributed by atoms with Crippen LogP contribution >= 0.6 is 0 Å². The number of hydrogen-bond acceptors (Lipinski definition) is 26. The third kappa shape index (κ3) is 15.7. The number of hydrogen-bond donors (Lipinski definition) is 13. The lowest BCUT2D eigenvalue weighted by Gasteiger charge is -2.49. The fourth-order valence-electron chi connectivity index (χ4n) is 9.58. The highest BCUT2D eigenvalue weighted by Gasteiger charge is 2.55. The fraction of sp³-hybridized carbons (Fsp3) is 0.958. The molecule has 0 aliphatic carbocycles. The van der Waals surface area contributed by atoms with Crippen molar-refractivity contribution >= 4 is 11.9 Å². The van der Waals surface area contributed by atoms with Gasteiger partial charge in [0.1, 0.15) is 79.4 Å². The molecule has 13 N–H and O–H groups in total. The summed E-state index contributed by atoms with van der Waals surface area (Å²) in [7, 11) is 0. The van der Waals surface area contributed by atoms with Crippen molar-refractivity contribution in [1.29, 1.82) is 0 Å². The Balaban J connectivity index is 1.18. The van der Waals surface area contributed by atoms with Gasteiger partial charge in [-0.25, -0.2) is 0 Å². The first-order valence-electron chi connectivity index (χ1n) is 25.8. The molecule has 5 aliphatic heterocycles. The van der Waals surface area contributed by atoms with Crippen LogP contribution in [0, 0.1) is 17.8 Å². The molecule has 0 aromatic carbocycles. The molecule has 0 aromatic rings. The number of rotatable bonds is 24. The van der Waals surface area contributed by atoms with Crippen LogP contribution in [0.25, 0.3) is 0 Å². The van der Waals surface area contributed by atoms with Gasteiger partial charge in [0.05, 0.1) is 75.7 Å². The van der Waals surface area contributed by atoms with Crippen LogP contribution in [-0.2, 0) is 61.7 Å². The molecule has 27 atom stereocenters.